The highest BCUT2D eigenvalue weighted by molar-refractivity contribution is 7.12. The Hall–Kier alpha value is -1.60. The Labute approximate surface area is 141 Å². The Bertz CT molecular complexity index is 547. The number of thiophene rings is 1. The summed E-state index contributed by atoms with van der Waals surface area (Å²) in [5, 5.41) is 14.9. The van der Waals surface area contributed by atoms with E-state index < -0.39 is 17.7 Å². The summed E-state index contributed by atoms with van der Waals surface area (Å²) in [6.07, 6.45) is -0.388. The van der Waals surface area contributed by atoms with Crippen LogP contribution in [0.5, 0.6) is 0 Å². The molecule has 0 saturated heterocycles. The first-order valence-electron chi connectivity index (χ1n) is 7.48. The monoisotopic (exact) mass is 342 g/mol. The van der Waals surface area contributed by atoms with Crippen molar-refractivity contribution < 1.29 is 19.4 Å². The number of nitrogens with one attached hydrogen (secondary N) is 2. The second kappa shape index (κ2) is 7.79. The maximum Gasteiger partial charge on any atom is 0.407 e. The largest absolute Gasteiger partial charge is 0.481 e. The van der Waals surface area contributed by atoms with Gasteiger partial charge in [0.2, 0.25) is 0 Å². The van der Waals surface area contributed by atoms with Crippen LogP contribution in [-0.2, 0) is 22.5 Å². The molecular weight excluding hydrogens is 316 g/mol. The summed E-state index contributed by atoms with van der Waals surface area (Å²) in [6, 6.07) is 3.76. The fourth-order valence-electron chi connectivity index (χ4n) is 1.76. The molecule has 0 spiro atoms. The van der Waals surface area contributed by atoms with Gasteiger partial charge in [0.1, 0.15) is 5.60 Å². The van der Waals surface area contributed by atoms with Crippen LogP contribution in [-0.4, -0.2) is 34.9 Å². The van der Waals surface area contributed by atoms with Crippen molar-refractivity contribution in [1.29, 1.82) is 0 Å². The standard InChI is InChI=1S/C16H26N2O4S/c1-15(2,3)22-14(21)17-10-16(4,5)18-9-12-7-6-11(23-12)8-13(19)20/h6-7,18H,8-10H2,1-5H3,(H,17,21)(H,19,20). The number of amides is 1. The molecule has 0 saturated carbocycles. The number of aliphatic carboxylic acids is 1. The van der Waals surface area contributed by atoms with Crippen molar-refractivity contribution >= 4 is 23.4 Å². The lowest BCUT2D eigenvalue weighted by atomic mass is 10.1. The average molecular weight is 342 g/mol. The molecule has 0 bridgehead atoms. The number of carbonyl (C=O) groups is 2. The Balaban J connectivity index is 2.41. The minimum Gasteiger partial charge on any atom is -0.481 e. The van der Waals surface area contributed by atoms with Gasteiger partial charge in [-0.2, -0.15) is 0 Å². The lowest BCUT2D eigenvalue weighted by molar-refractivity contribution is -0.136. The third-order valence-electron chi connectivity index (χ3n) is 2.86. The molecular formula is C16H26N2O4S. The van der Waals surface area contributed by atoms with Crippen LogP contribution in [0.25, 0.3) is 0 Å². The number of alkyl carbamates (subject to hydrolysis) is 1. The summed E-state index contributed by atoms with van der Waals surface area (Å²) in [4.78, 5) is 24.2. The average Bonchev–Trinajstić information content (AvgIpc) is 2.79. The summed E-state index contributed by atoms with van der Waals surface area (Å²) in [5.41, 5.74) is -0.826. The number of carboxylic acids is 1. The zero-order chi connectivity index (χ0) is 17.7. The molecule has 1 heterocycles. The van der Waals surface area contributed by atoms with Crippen LogP contribution < -0.4 is 10.6 Å². The van der Waals surface area contributed by atoms with E-state index in [-0.39, 0.29) is 12.0 Å². The van der Waals surface area contributed by atoms with Crippen molar-refractivity contribution in [3.05, 3.63) is 21.9 Å². The van der Waals surface area contributed by atoms with Crippen LogP contribution in [0.2, 0.25) is 0 Å². The molecule has 0 aliphatic carbocycles. The number of ether oxygens (including phenoxy) is 1. The van der Waals surface area contributed by atoms with Gasteiger partial charge in [-0.3, -0.25) is 4.79 Å². The van der Waals surface area contributed by atoms with E-state index in [0.29, 0.717) is 13.1 Å². The van der Waals surface area contributed by atoms with E-state index in [1.807, 2.05) is 46.8 Å². The highest BCUT2D eigenvalue weighted by Crippen LogP contribution is 2.18. The fraction of sp³-hybridized carbons (Fsp3) is 0.625. The van der Waals surface area contributed by atoms with Crippen molar-refractivity contribution in [2.24, 2.45) is 0 Å². The predicted octanol–water partition coefficient (Wildman–Crippen LogP) is 2.77. The minimum atomic E-state index is -0.826. The van der Waals surface area contributed by atoms with E-state index in [1.165, 1.54) is 11.3 Å². The molecule has 0 aromatic carbocycles. The number of carboxylic acid groups (broad SMARTS) is 1. The van der Waals surface area contributed by atoms with Crippen molar-refractivity contribution in [1.82, 2.24) is 10.6 Å². The van der Waals surface area contributed by atoms with Gasteiger partial charge in [0, 0.05) is 28.4 Å². The summed E-state index contributed by atoms with van der Waals surface area (Å²) < 4.78 is 5.20. The molecule has 3 N–H and O–H groups in total. The summed E-state index contributed by atoms with van der Waals surface area (Å²) >= 11 is 1.48. The molecule has 0 atom stereocenters. The van der Waals surface area contributed by atoms with Crippen LogP contribution in [0.4, 0.5) is 4.79 Å². The zero-order valence-electron chi connectivity index (χ0n) is 14.4. The second-order valence-electron chi connectivity index (χ2n) is 7.03. The van der Waals surface area contributed by atoms with E-state index in [0.717, 1.165) is 9.75 Å². The van der Waals surface area contributed by atoms with E-state index in [4.69, 9.17) is 9.84 Å². The Kier molecular flexibility index (Phi) is 6.58. The third-order valence-corrected chi connectivity index (χ3v) is 3.94. The Morgan fingerprint density at radius 2 is 1.78 bits per heavy atom. The van der Waals surface area contributed by atoms with Gasteiger partial charge in [-0.15, -0.1) is 11.3 Å². The maximum absolute atomic E-state index is 11.7. The first-order chi connectivity index (χ1) is 10.5. The molecule has 0 aliphatic heterocycles. The first kappa shape index (κ1) is 19.4. The smallest absolute Gasteiger partial charge is 0.407 e. The second-order valence-corrected chi connectivity index (χ2v) is 8.28. The zero-order valence-corrected chi connectivity index (χ0v) is 15.2. The van der Waals surface area contributed by atoms with Gasteiger partial charge in [0.15, 0.2) is 0 Å². The van der Waals surface area contributed by atoms with Gasteiger partial charge in [0.05, 0.1) is 6.42 Å². The number of hydrogen-bond donors (Lipinski definition) is 3. The molecule has 0 aliphatic rings. The van der Waals surface area contributed by atoms with Gasteiger partial charge in [-0.1, -0.05) is 0 Å². The molecule has 1 aromatic rings. The van der Waals surface area contributed by atoms with Crippen LogP contribution in [0.15, 0.2) is 12.1 Å². The quantitative estimate of drug-likeness (QED) is 0.709. The molecule has 7 heteroatoms. The Morgan fingerprint density at radius 1 is 1.17 bits per heavy atom. The van der Waals surface area contributed by atoms with Crippen molar-refractivity contribution in [2.75, 3.05) is 6.54 Å². The molecule has 1 amide bonds. The van der Waals surface area contributed by atoms with Crippen molar-refractivity contribution in [2.45, 2.75) is 58.7 Å². The van der Waals surface area contributed by atoms with Crippen LogP contribution in [0, 0.1) is 0 Å². The number of rotatable bonds is 7. The lowest BCUT2D eigenvalue weighted by Crippen LogP contribution is -2.49. The summed E-state index contributed by atoms with van der Waals surface area (Å²) in [7, 11) is 0. The first-order valence-corrected chi connectivity index (χ1v) is 8.30. The van der Waals surface area contributed by atoms with Crippen LogP contribution in [0.1, 0.15) is 44.4 Å². The highest BCUT2D eigenvalue weighted by Gasteiger charge is 2.21. The molecule has 23 heavy (non-hydrogen) atoms. The van der Waals surface area contributed by atoms with Gasteiger partial charge < -0.3 is 20.5 Å². The minimum absolute atomic E-state index is 0.0499. The Morgan fingerprint density at radius 3 is 2.35 bits per heavy atom. The molecule has 1 aromatic heterocycles. The van der Waals surface area contributed by atoms with Crippen molar-refractivity contribution in [3.8, 4) is 0 Å². The topological polar surface area (TPSA) is 87.7 Å². The van der Waals surface area contributed by atoms with E-state index >= 15 is 0 Å². The van der Waals surface area contributed by atoms with E-state index in [9.17, 15) is 9.59 Å². The normalized spacial score (nSPS) is 12.0. The van der Waals surface area contributed by atoms with Crippen LogP contribution in [0.3, 0.4) is 0 Å². The molecule has 6 nitrogen and oxygen atoms in total. The van der Waals surface area contributed by atoms with E-state index in [1.54, 1.807) is 0 Å². The van der Waals surface area contributed by atoms with Crippen molar-refractivity contribution in [3.63, 3.8) is 0 Å². The predicted molar refractivity (Wildman–Crippen MR) is 90.8 cm³/mol. The fourth-order valence-corrected chi connectivity index (χ4v) is 2.71. The molecule has 130 valence electrons. The summed E-state index contributed by atoms with van der Waals surface area (Å²) in [6.45, 7) is 10.5. The number of hydrogen-bond acceptors (Lipinski definition) is 5. The molecule has 0 fully saturated rings. The highest BCUT2D eigenvalue weighted by atomic mass is 32.1. The maximum atomic E-state index is 11.7. The van der Waals surface area contributed by atoms with E-state index in [2.05, 4.69) is 10.6 Å². The van der Waals surface area contributed by atoms with Gasteiger partial charge in [0.25, 0.3) is 0 Å². The van der Waals surface area contributed by atoms with Gasteiger partial charge in [-0.05, 0) is 46.8 Å². The third kappa shape index (κ3) is 8.56. The SMILES string of the molecule is CC(C)(CNC(=O)OC(C)(C)C)NCc1ccc(CC(=O)O)s1. The molecule has 1 rings (SSSR count). The molecule has 0 radical (unpaired) electrons. The van der Waals surface area contributed by atoms with Gasteiger partial charge in [-0.25, -0.2) is 4.79 Å². The number of carbonyl (C=O) groups excluding carboxylic acids is 1. The van der Waals surface area contributed by atoms with Crippen LogP contribution >= 0.6 is 11.3 Å². The van der Waals surface area contributed by atoms with Gasteiger partial charge >= 0.3 is 12.1 Å². The summed E-state index contributed by atoms with van der Waals surface area (Å²) in [5.74, 6) is -0.826. The molecule has 0 unspecified atom stereocenters. The lowest BCUT2D eigenvalue weighted by Gasteiger charge is -2.27.